The molecule has 0 atom stereocenters. The number of hydrogen-bond acceptors (Lipinski definition) is 2. The van der Waals surface area contributed by atoms with Gasteiger partial charge in [0.25, 0.3) is 0 Å². The predicted octanol–water partition coefficient (Wildman–Crippen LogP) is 2.40. The molecule has 0 amide bonds. The molecule has 1 nitrogen and oxygen atoms in total. The maximum Gasteiger partial charge on any atom is 0.152 e. The SMILES string of the molecule is C=CCc1n[c]sc1CC=C. The molecule has 57 valence electrons. The van der Waals surface area contributed by atoms with E-state index in [4.69, 9.17) is 0 Å². The first-order valence-corrected chi connectivity index (χ1v) is 4.26. The fourth-order valence-corrected chi connectivity index (χ4v) is 1.56. The number of rotatable bonds is 4. The van der Waals surface area contributed by atoms with Gasteiger partial charge in [0.1, 0.15) is 0 Å². The maximum atomic E-state index is 4.10. The minimum Gasteiger partial charge on any atom is -0.238 e. The van der Waals surface area contributed by atoms with Crippen molar-refractivity contribution in [2.75, 3.05) is 0 Å². The van der Waals surface area contributed by atoms with Crippen LogP contribution in [0.3, 0.4) is 0 Å². The Kier molecular flexibility index (Phi) is 3.05. The van der Waals surface area contributed by atoms with Gasteiger partial charge in [0.05, 0.1) is 5.69 Å². The Hall–Kier alpha value is -0.890. The van der Waals surface area contributed by atoms with Gasteiger partial charge in [-0.2, -0.15) is 0 Å². The van der Waals surface area contributed by atoms with Gasteiger partial charge in [0.15, 0.2) is 5.51 Å². The highest BCUT2D eigenvalue weighted by Gasteiger charge is 2.01. The van der Waals surface area contributed by atoms with Gasteiger partial charge in [0, 0.05) is 17.7 Å². The van der Waals surface area contributed by atoms with Gasteiger partial charge >= 0.3 is 0 Å². The summed E-state index contributed by atoms with van der Waals surface area (Å²) in [6.45, 7) is 7.34. The molecule has 1 aromatic rings. The van der Waals surface area contributed by atoms with Gasteiger partial charge in [-0.25, -0.2) is 4.98 Å². The molecule has 1 aromatic heterocycles. The molecule has 0 aliphatic carbocycles. The molecule has 0 aliphatic heterocycles. The van der Waals surface area contributed by atoms with Crippen LogP contribution < -0.4 is 0 Å². The van der Waals surface area contributed by atoms with E-state index in [2.05, 4.69) is 23.7 Å². The van der Waals surface area contributed by atoms with Crippen LogP contribution >= 0.6 is 11.3 Å². The van der Waals surface area contributed by atoms with Gasteiger partial charge in [-0.05, 0) is 0 Å². The molecule has 0 spiro atoms. The van der Waals surface area contributed by atoms with Crippen molar-refractivity contribution in [3.63, 3.8) is 0 Å². The molecule has 0 aliphatic rings. The largest absolute Gasteiger partial charge is 0.238 e. The molecule has 1 radical (unpaired) electrons. The quantitative estimate of drug-likeness (QED) is 0.623. The second-order valence-corrected chi connectivity index (χ2v) is 3.04. The average Bonchev–Trinajstić information content (AvgIpc) is 2.39. The molecule has 0 saturated heterocycles. The zero-order valence-corrected chi connectivity index (χ0v) is 7.16. The second-order valence-electron chi connectivity index (χ2n) is 2.16. The van der Waals surface area contributed by atoms with Gasteiger partial charge in [-0.15, -0.1) is 24.5 Å². The lowest BCUT2D eigenvalue weighted by atomic mass is 10.2. The first-order chi connectivity index (χ1) is 5.38. The summed E-state index contributed by atoms with van der Waals surface area (Å²) in [4.78, 5) is 5.35. The van der Waals surface area contributed by atoms with E-state index in [9.17, 15) is 0 Å². The maximum absolute atomic E-state index is 4.10. The summed E-state index contributed by atoms with van der Waals surface area (Å²) in [5, 5.41) is 0. The Balaban J connectivity index is 2.76. The molecule has 0 bridgehead atoms. The van der Waals surface area contributed by atoms with E-state index in [1.54, 1.807) is 11.3 Å². The van der Waals surface area contributed by atoms with Crippen molar-refractivity contribution in [3.8, 4) is 0 Å². The van der Waals surface area contributed by atoms with Crippen molar-refractivity contribution in [3.05, 3.63) is 41.4 Å². The van der Waals surface area contributed by atoms with E-state index in [1.807, 2.05) is 12.2 Å². The van der Waals surface area contributed by atoms with Crippen molar-refractivity contribution in [1.82, 2.24) is 4.98 Å². The molecule has 0 aromatic carbocycles. The summed E-state index contributed by atoms with van der Waals surface area (Å²) in [5.41, 5.74) is 3.95. The minimum atomic E-state index is 0.836. The Morgan fingerprint density at radius 2 is 2.09 bits per heavy atom. The van der Waals surface area contributed by atoms with E-state index in [-0.39, 0.29) is 0 Å². The van der Waals surface area contributed by atoms with Crippen molar-refractivity contribution in [1.29, 1.82) is 0 Å². The summed E-state index contributed by atoms with van der Waals surface area (Å²) in [7, 11) is 0. The van der Waals surface area contributed by atoms with Gasteiger partial charge in [-0.3, -0.25) is 0 Å². The van der Waals surface area contributed by atoms with Crippen LogP contribution in [-0.2, 0) is 12.8 Å². The van der Waals surface area contributed by atoms with Crippen LogP contribution in [0.25, 0.3) is 0 Å². The summed E-state index contributed by atoms with van der Waals surface area (Å²) < 4.78 is 0. The number of nitrogens with zero attached hydrogens (tertiary/aromatic N) is 1. The van der Waals surface area contributed by atoms with Crippen molar-refractivity contribution in [2.24, 2.45) is 0 Å². The Morgan fingerprint density at radius 3 is 2.73 bits per heavy atom. The number of allylic oxidation sites excluding steroid dienone is 2. The van der Waals surface area contributed by atoms with Crippen LogP contribution in [0.4, 0.5) is 0 Å². The summed E-state index contributed by atoms with van der Waals surface area (Å²) in [6.07, 6.45) is 5.47. The van der Waals surface area contributed by atoms with Crippen LogP contribution in [0.5, 0.6) is 0 Å². The highest BCUT2D eigenvalue weighted by atomic mass is 32.1. The van der Waals surface area contributed by atoms with Crippen LogP contribution in [0, 0.1) is 5.51 Å². The van der Waals surface area contributed by atoms with Gasteiger partial charge in [-0.1, -0.05) is 12.2 Å². The molecule has 11 heavy (non-hydrogen) atoms. The molecular formula is C9H10NS. The molecular weight excluding hydrogens is 154 g/mol. The van der Waals surface area contributed by atoms with Crippen LogP contribution in [0.2, 0.25) is 0 Å². The Bertz CT molecular complexity index is 225. The van der Waals surface area contributed by atoms with Crippen molar-refractivity contribution >= 4 is 11.3 Å². The lowest BCUT2D eigenvalue weighted by Gasteiger charge is -1.93. The molecule has 1 heterocycles. The molecule has 0 saturated carbocycles. The number of hydrogen-bond donors (Lipinski definition) is 0. The lowest BCUT2D eigenvalue weighted by Crippen LogP contribution is -1.86. The lowest BCUT2D eigenvalue weighted by molar-refractivity contribution is 1.10. The fraction of sp³-hybridized carbons (Fsp3) is 0.222. The molecule has 0 unspecified atom stereocenters. The zero-order valence-electron chi connectivity index (χ0n) is 6.34. The van der Waals surface area contributed by atoms with Crippen LogP contribution in [-0.4, -0.2) is 4.98 Å². The topological polar surface area (TPSA) is 12.9 Å². The summed E-state index contributed by atoms with van der Waals surface area (Å²) in [6, 6.07) is 0. The number of thiazole rings is 1. The van der Waals surface area contributed by atoms with E-state index < -0.39 is 0 Å². The minimum absolute atomic E-state index is 0.836. The summed E-state index contributed by atoms with van der Waals surface area (Å²) >= 11 is 1.56. The van der Waals surface area contributed by atoms with Crippen molar-refractivity contribution in [2.45, 2.75) is 12.8 Å². The first-order valence-electron chi connectivity index (χ1n) is 3.45. The van der Waals surface area contributed by atoms with E-state index in [0.717, 1.165) is 18.5 Å². The zero-order chi connectivity index (χ0) is 8.10. The Morgan fingerprint density at radius 1 is 1.36 bits per heavy atom. The molecule has 1 rings (SSSR count). The highest BCUT2D eigenvalue weighted by Crippen LogP contribution is 2.14. The van der Waals surface area contributed by atoms with E-state index >= 15 is 0 Å². The van der Waals surface area contributed by atoms with Crippen molar-refractivity contribution < 1.29 is 0 Å². The monoisotopic (exact) mass is 164 g/mol. The first kappa shape index (κ1) is 8.21. The molecule has 0 N–H and O–H groups in total. The third-order valence-corrected chi connectivity index (χ3v) is 2.17. The fourth-order valence-electron chi connectivity index (χ4n) is 0.841. The average molecular weight is 164 g/mol. The Labute approximate surface area is 71.1 Å². The van der Waals surface area contributed by atoms with Gasteiger partial charge < -0.3 is 0 Å². The van der Waals surface area contributed by atoms with E-state index in [0.29, 0.717) is 0 Å². The van der Waals surface area contributed by atoms with Crippen LogP contribution in [0.15, 0.2) is 25.3 Å². The van der Waals surface area contributed by atoms with Crippen LogP contribution in [0.1, 0.15) is 10.6 Å². The molecule has 2 heteroatoms. The summed E-state index contributed by atoms with van der Waals surface area (Å²) in [5.74, 6) is 0. The third kappa shape index (κ3) is 2.02. The number of aromatic nitrogens is 1. The normalized spacial score (nSPS) is 9.45. The smallest absolute Gasteiger partial charge is 0.152 e. The third-order valence-electron chi connectivity index (χ3n) is 1.34. The second kappa shape index (κ2) is 4.09. The standard InChI is InChI=1S/C9H10NS/c1-3-5-8-9(6-4-2)11-7-10-8/h3-4H,1-2,5-6H2. The molecule has 0 fully saturated rings. The predicted molar refractivity (Wildman–Crippen MR) is 48.8 cm³/mol. The van der Waals surface area contributed by atoms with Gasteiger partial charge in [0.2, 0.25) is 0 Å². The van der Waals surface area contributed by atoms with E-state index in [1.165, 1.54) is 4.88 Å². The highest BCUT2D eigenvalue weighted by molar-refractivity contribution is 7.09.